The van der Waals surface area contributed by atoms with E-state index < -0.39 is 90.0 Å². The highest BCUT2D eigenvalue weighted by Gasteiger charge is 2.46. The Balaban J connectivity index is 0.795. The number of hydrogen-bond acceptors (Lipinski definition) is 13. The number of aliphatic hydroxyl groups is 1. The van der Waals surface area contributed by atoms with E-state index in [2.05, 4.69) is 26.6 Å². The zero-order chi connectivity index (χ0) is 51.7. The average molecular weight is 997 g/mol. The highest BCUT2D eigenvalue weighted by Crippen LogP contribution is 2.46. The Bertz CT molecular complexity index is 3250. The number of pyridine rings is 2. The lowest BCUT2D eigenvalue weighted by Crippen LogP contribution is -2.52. The van der Waals surface area contributed by atoms with Crippen molar-refractivity contribution in [2.45, 2.75) is 70.2 Å². The maximum Gasteiger partial charge on any atom is 0.343 e. The van der Waals surface area contributed by atoms with Gasteiger partial charge in [-0.1, -0.05) is 43.3 Å². The number of ether oxygens (including phenoxy) is 2. The molecule has 5 heterocycles. The summed E-state index contributed by atoms with van der Waals surface area (Å²) in [5.41, 5.74) is 2.84. The molecule has 21 heteroatoms. The van der Waals surface area contributed by atoms with Crippen LogP contribution in [0.15, 0.2) is 83.7 Å². The van der Waals surface area contributed by atoms with Crippen LogP contribution in [0.2, 0.25) is 0 Å². The van der Waals surface area contributed by atoms with Gasteiger partial charge < -0.3 is 45.7 Å². The van der Waals surface area contributed by atoms with Crippen LogP contribution in [0.1, 0.15) is 75.0 Å². The van der Waals surface area contributed by atoms with Gasteiger partial charge in [-0.2, -0.15) is 0 Å². The largest absolute Gasteiger partial charge is 0.458 e. The average Bonchev–Trinajstić information content (AvgIpc) is 3.94. The fraction of sp³-hybridized carbons (Fsp3) is 0.308. The predicted molar refractivity (Wildman–Crippen MR) is 258 cm³/mol. The Morgan fingerprint density at radius 2 is 1.60 bits per heavy atom. The van der Waals surface area contributed by atoms with Gasteiger partial charge in [-0.3, -0.25) is 38.4 Å². The van der Waals surface area contributed by atoms with Crippen molar-refractivity contribution >= 4 is 63.9 Å². The van der Waals surface area contributed by atoms with Crippen LogP contribution < -0.4 is 37.0 Å². The molecule has 376 valence electrons. The number of esters is 1. The van der Waals surface area contributed by atoms with E-state index in [0.29, 0.717) is 40.9 Å². The summed E-state index contributed by atoms with van der Waals surface area (Å²) in [6.07, 6.45) is 3.28. The van der Waals surface area contributed by atoms with E-state index in [4.69, 9.17) is 14.5 Å². The van der Waals surface area contributed by atoms with E-state index in [1.165, 1.54) is 34.9 Å². The number of imide groups is 1. The molecule has 73 heavy (non-hydrogen) atoms. The number of halogens is 1. The minimum absolute atomic E-state index is 0.0287. The second-order valence-electron chi connectivity index (χ2n) is 18.0. The second-order valence-corrected chi connectivity index (χ2v) is 18.0. The molecule has 3 atom stereocenters. The first-order valence-electron chi connectivity index (χ1n) is 23.5. The molecule has 0 saturated heterocycles. The number of cyclic esters (lactones) is 1. The number of nitrogens with zero attached hydrogens (tertiary/aromatic N) is 3. The van der Waals surface area contributed by atoms with Crippen molar-refractivity contribution in [1.82, 2.24) is 36.1 Å². The number of anilines is 1. The number of rotatable bonds is 17. The molecule has 4 aliphatic rings. The summed E-state index contributed by atoms with van der Waals surface area (Å²) in [6, 6.07) is 16.3. The van der Waals surface area contributed by atoms with Crippen LogP contribution in [0.3, 0.4) is 0 Å². The number of carbonyl (C=O) groups is 8. The highest BCUT2D eigenvalue weighted by molar-refractivity contribution is 6.28. The lowest BCUT2D eigenvalue weighted by atomic mass is 9.78. The molecule has 5 aromatic rings. The molecule has 9 rings (SSSR count). The molecule has 7 amide bonds. The predicted octanol–water partition coefficient (Wildman–Crippen LogP) is 1.47. The number of fused-ring (bicyclic) bond motifs is 5. The van der Waals surface area contributed by atoms with Gasteiger partial charge in [-0.15, -0.1) is 0 Å². The standard InChI is InChI=1S/C52H49FN8O12/c1-3-52(71)35-18-39-47-33(23-60(39)50(69)34(35)25-73-51(52)70)45-30(12-13-32-27(2)36(53)19-37(59-47)46(32)45)24-72-26-57-41(63)21-56-49(68)38(16-28-8-5-4-6-9-28)58-42(64)22-54-40(62)20-55-48(67)29-10-7-11-31(17-29)61-43(65)14-15-44(61)66/h4-11,14-15,17-19,30,38,71H,3,12-13,16,20-26H2,1-2H3,(H,54,62)(H,55,67)(H,56,68)(H,57,63)(H,58,64)/t30-,38-,52-/m0/s1. The number of benzene rings is 3. The summed E-state index contributed by atoms with van der Waals surface area (Å²) in [6.45, 7) is 1.46. The van der Waals surface area contributed by atoms with Gasteiger partial charge in [-0.25, -0.2) is 19.1 Å². The molecule has 0 fully saturated rings. The first-order chi connectivity index (χ1) is 35.1. The monoisotopic (exact) mass is 996 g/mol. The van der Waals surface area contributed by atoms with Gasteiger partial charge in [0.2, 0.25) is 23.6 Å². The molecule has 0 bridgehead atoms. The molecule has 0 radical (unpaired) electrons. The molecule has 0 spiro atoms. The van der Waals surface area contributed by atoms with Gasteiger partial charge in [0.05, 0.1) is 60.9 Å². The van der Waals surface area contributed by atoms with Crippen LogP contribution in [0, 0.1) is 12.7 Å². The van der Waals surface area contributed by atoms with E-state index in [9.17, 15) is 48.3 Å². The van der Waals surface area contributed by atoms with Crippen LogP contribution in [-0.4, -0.2) is 101 Å². The number of aryl methyl sites for hydroxylation is 1. The van der Waals surface area contributed by atoms with E-state index in [1.54, 1.807) is 50.2 Å². The molecular formula is C52H49FN8O12. The van der Waals surface area contributed by atoms with Crippen LogP contribution in [0.4, 0.5) is 10.1 Å². The normalized spacial score (nSPS) is 17.6. The third kappa shape index (κ3) is 9.71. The Morgan fingerprint density at radius 3 is 2.36 bits per heavy atom. The van der Waals surface area contributed by atoms with Crippen molar-refractivity contribution in [3.8, 4) is 11.4 Å². The van der Waals surface area contributed by atoms with E-state index in [1.807, 2.05) is 0 Å². The van der Waals surface area contributed by atoms with Crippen molar-refractivity contribution in [1.29, 1.82) is 0 Å². The molecule has 1 aliphatic carbocycles. The molecule has 0 unspecified atom stereocenters. The van der Waals surface area contributed by atoms with Gasteiger partial charge >= 0.3 is 5.97 Å². The fourth-order valence-electron chi connectivity index (χ4n) is 9.75. The third-order valence-corrected chi connectivity index (χ3v) is 13.6. The topological polar surface area (TPSA) is 274 Å². The van der Waals surface area contributed by atoms with Gasteiger partial charge in [0, 0.05) is 52.6 Å². The van der Waals surface area contributed by atoms with Gasteiger partial charge in [0.25, 0.3) is 23.3 Å². The lowest BCUT2D eigenvalue weighted by Gasteiger charge is -2.31. The number of hydrogen-bond donors (Lipinski definition) is 6. The smallest absolute Gasteiger partial charge is 0.343 e. The summed E-state index contributed by atoms with van der Waals surface area (Å²) in [5, 5.41) is 24.7. The second kappa shape index (κ2) is 20.4. The van der Waals surface area contributed by atoms with E-state index >= 15 is 4.39 Å². The first kappa shape index (κ1) is 49.5. The van der Waals surface area contributed by atoms with Crippen LogP contribution in [0.5, 0.6) is 0 Å². The summed E-state index contributed by atoms with van der Waals surface area (Å²) < 4.78 is 28.2. The molecule has 6 N–H and O–H groups in total. The van der Waals surface area contributed by atoms with Crippen molar-refractivity contribution in [2.24, 2.45) is 0 Å². The Hall–Kier alpha value is -8.43. The lowest BCUT2D eigenvalue weighted by molar-refractivity contribution is -0.172. The molecule has 0 saturated carbocycles. The minimum atomic E-state index is -2.03. The summed E-state index contributed by atoms with van der Waals surface area (Å²) in [4.78, 5) is 122. The van der Waals surface area contributed by atoms with Gasteiger partial charge in [0.15, 0.2) is 5.60 Å². The summed E-state index contributed by atoms with van der Waals surface area (Å²) in [5.74, 6) is -6.11. The van der Waals surface area contributed by atoms with Crippen LogP contribution >= 0.6 is 0 Å². The summed E-state index contributed by atoms with van der Waals surface area (Å²) >= 11 is 0. The van der Waals surface area contributed by atoms with Crippen molar-refractivity contribution in [3.05, 3.63) is 140 Å². The van der Waals surface area contributed by atoms with Crippen molar-refractivity contribution in [3.63, 3.8) is 0 Å². The zero-order valence-electron chi connectivity index (χ0n) is 39.6. The number of amides is 7. The van der Waals surface area contributed by atoms with Crippen LogP contribution in [-0.2, 0) is 74.6 Å². The van der Waals surface area contributed by atoms with E-state index in [-0.39, 0.29) is 67.6 Å². The molecule has 3 aromatic carbocycles. The Kier molecular flexibility index (Phi) is 13.8. The highest BCUT2D eigenvalue weighted by atomic mass is 19.1. The Labute approximate surface area is 415 Å². The maximum atomic E-state index is 15.4. The van der Waals surface area contributed by atoms with Gasteiger partial charge in [-0.05, 0) is 72.7 Å². The molecule has 2 aromatic heterocycles. The molecule has 20 nitrogen and oxygen atoms in total. The minimum Gasteiger partial charge on any atom is -0.458 e. The summed E-state index contributed by atoms with van der Waals surface area (Å²) in [7, 11) is 0. The number of nitrogens with one attached hydrogen (secondary N) is 5. The van der Waals surface area contributed by atoms with Crippen LogP contribution in [0.25, 0.3) is 22.3 Å². The Morgan fingerprint density at radius 1 is 0.877 bits per heavy atom. The maximum absolute atomic E-state index is 15.4. The van der Waals surface area contributed by atoms with Gasteiger partial charge in [0.1, 0.15) is 25.2 Å². The zero-order valence-corrected chi connectivity index (χ0v) is 39.6. The van der Waals surface area contributed by atoms with E-state index in [0.717, 1.165) is 39.1 Å². The SMILES string of the molecule is CC[C@@]1(O)C(=O)OCc2c1cc1n(c2=O)Cc2c-1nc1cc(F)c(C)c3c1c2[C@H](COCNC(=O)CNC(=O)[C@H](Cc1ccccc1)NC(=O)CNC(=O)CNC(=O)c1cccc(N2C(=O)C=CC2=O)c1)CC3. The molecule has 3 aliphatic heterocycles. The van der Waals surface area contributed by atoms with Crippen molar-refractivity contribution in [2.75, 3.05) is 37.9 Å². The third-order valence-electron chi connectivity index (χ3n) is 13.6. The number of aromatic nitrogens is 2. The fourth-order valence-corrected chi connectivity index (χ4v) is 9.75. The number of carbonyl (C=O) groups excluding carboxylic acids is 8. The first-order valence-corrected chi connectivity index (χ1v) is 23.5. The van der Waals surface area contributed by atoms with Crippen molar-refractivity contribution < 1.29 is 57.3 Å². The molecular weight excluding hydrogens is 948 g/mol. The quantitative estimate of drug-likeness (QED) is 0.0328.